The Labute approximate surface area is 286 Å². The summed E-state index contributed by atoms with van der Waals surface area (Å²) in [6.45, 7) is 3.44. The van der Waals surface area contributed by atoms with Crippen LogP contribution in [0.2, 0.25) is 0 Å². The van der Waals surface area contributed by atoms with Crippen molar-refractivity contribution in [2.75, 3.05) is 39.4 Å². The third-order valence-corrected chi connectivity index (χ3v) is 7.86. The van der Waals surface area contributed by atoms with Gasteiger partial charge >= 0.3 is 11.9 Å². The number of carbonyl (C=O) groups is 2. The van der Waals surface area contributed by atoms with E-state index >= 15 is 0 Å². The number of nitrogens with zero attached hydrogens (tertiary/aromatic N) is 1. The summed E-state index contributed by atoms with van der Waals surface area (Å²) >= 11 is 3.34. The highest BCUT2D eigenvalue weighted by atomic mass is 79.9. The fourth-order valence-corrected chi connectivity index (χ4v) is 4.89. The zero-order valence-electron chi connectivity index (χ0n) is 29.1. The maximum absolute atomic E-state index is 12.3. The maximum atomic E-state index is 12.3. The van der Waals surface area contributed by atoms with Gasteiger partial charge in [0, 0.05) is 8.07 Å². The molecule has 0 spiro atoms. The summed E-state index contributed by atoms with van der Waals surface area (Å²) in [5, 5.41) is 13.9. The Morgan fingerprint density at radius 3 is 1.53 bits per heavy atom. The second-order valence-electron chi connectivity index (χ2n) is 10.5. The van der Waals surface area contributed by atoms with Crippen LogP contribution in [0.3, 0.4) is 0 Å². The Morgan fingerprint density at radius 2 is 1.11 bits per heavy atom. The number of hydrogen-bond acceptors (Lipinski definition) is 9. The maximum Gasteiger partial charge on any atom is 0.313 e. The van der Waals surface area contributed by atoms with Crippen molar-refractivity contribution in [1.82, 2.24) is 0 Å². The number of benzene rings is 4. The van der Waals surface area contributed by atoms with Gasteiger partial charge in [-0.1, -0.05) is 64.5 Å². The van der Waals surface area contributed by atoms with Crippen LogP contribution in [0, 0.1) is 10.1 Å². The Balaban J connectivity index is 0.000000267. The highest BCUT2D eigenvalue weighted by Gasteiger charge is 2.18. The topological polar surface area (TPSA) is 123 Å². The van der Waals surface area contributed by atoms with Crippen LogP contribution in [-0.2, 0) is 23.9 Å². The van der Waals surface area contributed by atoms with Gasteiger partial charge in [-0.2, -0.15) is 0 Å². The van der Waals surface area contributed by atoms with Crippen molar-refractivity contribution < 1.29 is 41.2 Å². The monoisotopic (exact) mass is 713 g/mol. The lowest BCUT2D eigenvalue weighted by molar-refractivity contribution is -0.757. The van der Waals surface area contributed by atoms with E-state index in [4.69, 9.17) is 21.7 Å². The first kappa shape index (κ1) is 34.0. The van der Waals surface area contributed by atoms with Crippen LogP contribution in [0.15, 0.2) is 72.8 Å². The van der Waals surface area contributed by atoms with E-state index in [1.54, 1.807) is 39.3 Å². The van der Waals surface area contributed by atoms with Crippen LogP contribution in [-0.4, -0.2) is 56.4 Å². The van der Waals surface area contributed by atoms with Gasteiger partial charge in [0.05, 0.1) is 45.8 Å². The van der Waals surface area contributed by atoms with Gasteiger partial charge in [0.25, 0.3) is 5.09 Å². The third kappa shape index (κ3) is 11.7. The number of carbonyl (C=O) groups excluding carboxylic acids is 2. The molecule has 0 saturated carbocycles. The minimum Gasteiger partial charge on any atom is -0.497 e. The predicted octanol–water partition coefficient (Wildman–Crippen LogP) is 8.15. The Morgan fingerprint density at radius 1 is 0.702 bits per heavy atom. The molecule has 4 aromatic rings. The normalized spacial score (nSPS) is 13.9. The van der Waals surface area contributed by atoms with Crippen LogP contribution in [0.25, 0.3) is 21.5 Å². The van der Waals surface area contributed by atoms with Crippen molar-refractivity contribution in [2.24, 2.45) is 0 Å². The van der Waals surface area contributed by atoms with Crippen LogP contribution in [0.4, 0.5) is 0 Å². The molecule has 4 rings (SSSR count). The number of halogens is 1. The van der Waals surface area contributed by atoms with Gasteiger partial charge in [-0.3, -0.25) is 9.59 Å². The van der Waals surface area contributed by atoms with E-state index in [-0.39, 0.29) is 13.2 Å². The molecule has 0 N–H and O–H groups in total. The molecule has 0 radical (unpaired) electrons. The minimum atomic E-state index is -1.55. The van der Waals surface area contributed by atoms with Gasteiger partial charge in [-0.05, 0) is 96.5 Å². The van der Waals surface area contributed by atoms with Crippen LogP contribution < -0.4 is 9.47 Å². The summed E-state index contributed by atoms with van der Waals surface area (Å²) in [5.74, 6) is -2.63. The van der Waals surface area contributed by atoms with E-state index in [9.17, 15) is 19.7 Å². The number of alkyl halides is 1. The first-order valence-corrected chi connectivity index (χ1v) is 16.3. The van der Waals surface area contributed by atoms with E-state index in [0.717, 1.165) is 51.2 Å². The standard InChI is InChI=1S/C18H21BrO3.C18H21NO6/c1-13(18(20)22-10-4-3-9-19)14-5-6-16-12-17(21-2)8-7-15(16)11-14;1-13(18(20)24-9-3-4-10-25-19(21)22)14-5-6-16-12-17(23-2)8-7-15(16)11-14/h5-8,11-13H,3-4,9-10H2,1-2H3;5-8,11-13H,3-4,9-10H2,1-2H3/t2*13-/m00/s1/i2*13D. The number of unbranched alkanes of at least 4 members (excludes halogenated alkanes) is 2. The fourth-order valence-electron chi connectivity index (χ4n) is 4.49. The summed E-state index contributed by atoms with van der Waals surface area (Å²) in [6.07, 6.45) is 2.55. The van der Waals surface area contributed by atoms with E-state index in [0.29, 0.717) is 30.6 Å². The molecular formula is C36H42BrNO9. The highest BCUT2D eigenvalue weighted by molar-refractivity contribution is 9.09. The van der Waals surface area contributed by atoms with Crippen LogP contribution >= 0.6 is 15.9 Å². The number of esters is 2. The molecule has 0 fully saturated rings. The zero-order valence-corrected chi connectivity index (χ0v) is 28.7. The summed E-state index contributed by atoms with van der Waals surface area (Å²) in [6, 6.07) is 22.2. The number of methoxy groups -OCH3 is 2. The first-order chi connectivity index (χ1) is 23.3. The molecule has 0 aliphatic rings. The zero-order chi connectivity index (χ0) is 36.0. The molecule has 0 aliphatic heterocycles. The Hall–Kier alpha value is -4.38. The molecule has 0 bridgehead atoms. The number of fused-ring (bicyclic) bond motifs is 2. The number of rotatable bonds is 16. The Kier molecular flexibility index (Phi) is 14.0. The van der Waals surface area contributed by atoms with Crippen LogP contribution in [0.1, 0.15) is 65.2 Å². The molecule has 252 valence electrons. The molecule has 0 aliphatic carbocycles. The van der Waals surface area contributed by atoms with Crippen molar-refractivity contribution in [3.05, 3.63) is 94.0 Å². The molecule has 11 heteroatoms. The number of ether oxygens (including phenoxy) is 4. The van der Waals surface area contributed by atoms with Gasteiger partial charge in [-0.15, -0.1) is 10.1 Å². The molecule has 0 saturated heterocycles. The third-order valence-electron chi connectivity index (χ3n) is 7.30. The molecule has 0 aromatic heterocycles. The van der Waals surface area contributed by atoms with Gasteiger partial charge in [0.2, 0.25) is 0 Å². The fraction of sp³-hybridized carbons (Fsp3) is 0.389. The van der Waals surface area contributed by atoms with Crippen molar-refractivity contribution in [2.45, 2.75) is 51.3 Å². The largest absolute Gasteiger partial charge is 0.497 e. The molecule has 0 unspecified atom stereocenters. The molecule has 4 aromatic carbocycles. The van der Waals surface area contributed by atoms with Gasteiger partial charge in [0.1, 0.15) is 11.5 Å². The van der Waals surface area contributed by atoms with Gasteiger partial charge in [-0.25, -0.2) is 0 Å². The first-order valence-electron chi connectivity index (χ1n) is 16.2. The smallest absolute Gasteiger partial charge is 0.313 e. The number of hydrogen-bond donors (Lipinski definition) is 0. The lowest BCUT2D eigenvalue weighted by Crippen LogP contribution is -2.14. The molecule has 47 heavy (non-hydrogen) atoms. The van der Waals surface area contributed by atoms with E-state index in [1.165, 1.54) is 6.92 Å². The average molecular weight is 715 g/mol. The molecule has 10 nitrogen and oxygen atoms in total. The molecule has 0 heterocycles. The van der Waals surface area contributed by atoms with Crippen molar-refractivity contribution in [1.29, 1.82) is 0 Å². The lowest BCUT2D eigenvalue weighted by atomic mass is 9.98. The van der Waals surface area contributed by atoms with Crippen molar-refractivity contribution in [3.63, 3.8) is 0 Å². The van der Waals surface area contributed by atoms with E-state index in [2.05, 4.69) is 20.8 Å². The summed E-state index contributed by atoms with van der Waals surface area (Å²) in [5.41, 5.74) is 1.15. The van der Waals surface area contributed by atoms with Gasteiger partial charge < -0.3 is 23.8 Å². The summed E-state index contributed by atoms with van der Waals surface area (Å²) in [4.78, 5) is 38.7. The molecule has 2 atom stereocenters. The summed E-state index contributed by atoms with van der Waals surface area (Å²) < 4.78 is 37.6. The van der Waals surface area contributed by atoms with Crippen molar-refractivity contribution in [3.8, 4) is 11.5 Å². The Bertz CT molecular complexity index is 1730. The molecule has 0 amide bonds. The van der Waals surface area contributed by atoms with Gasteiger partial charge in [0.15, 0.2) is 0 Å². The quantitative estimate of drug-likeness (QED) is 0.0372. The van der Waals surface area contributed by atoms with Crippen LogP contribution in [0.5, 0.6) is 11.5 Å². The second-order valence-corrected chi connectivity index (χ2v) is 11.3. The highest BCUT2D eigenvalue weighted by Crippen LogP contribution is 2.27. The average Bonchev–Trinajstić information content (AvgIpc) is 3.10. The minimum absolute atomic E-state index is 0.0448. The molecular weight excluding hydrogens is 670 g/mol. The van der Waals surface area contributed by atoms with E-state index < -0.39 is 28.8 Å². The summed E-state index contributed by atoms with van der Waals surface area (Å²) in [7, 11) is 3.22. The lowest BCUT2D eigenvalue weighted by Gasteiger charge is -2.13. The van der Waals surface area contributed by atoms with Crippen molar-refractivity contribution >= 4 is 49.4 Å². The SMILES string of the molecule is [2H][C@@](C)(C(=O)OCCCCBr)c1ccc2cc(OC)ccc2c1.[2H][C@@](C)(C(=O)OCCCCO[N+](=O)[O-])c1ccc2cc(OC)ccc2c1. The second kappa shape index (κ2) is 19.3. The van der Waals surface area contributed by atoms with E-state index in [1.807, 2.05) is 54.6 Å². The predicted molar refractivity (Wildman–Crippen MR) is 185 cm³/mol.